The Morgan fingerprint density at radius 2 is 1.97 bits per heavy atom. The van der Waals surface area contributed by atoms with Gasteiger partial charge in [0.25, 0.3) is 5.56 Å². The summed E-state index contributed by atoms with van der Waals surface area (Å²) in [6.07, 6.45) is 0.825. The molecule has 0 saturated carbocycles. The van der Waals surface area contributed by atoms with Crippen LogP contribution in [0.15, 0.2) is 40.5 Å². The molecular weight excluding hydrogens is 432 g/mol. The Kier molecular flexibility index (Phi) is 6.50. The molecule has 8 heteroatoms. The van der Waals surface area contributed by atoms with Crippen LogP contribution in [0.5, 0.6) is 0 Å². The third-order valence-corrected chi connectivity index (χ3v) is 6.82. The topological polar surface area (TPSA) is 79.7 Å². The lowest BCUT2D eigenvalue weighted by Gasteiger charge is -2.32. The number of tetrazole rings is 1. The minimum Gasteiger partial charge on any atom is -0.322 e. The number of nitrogens with one attached hydrogen (secondary N) is 1. The lowest BCUT2D eigenvalue weighted by Crippen LogP contribution is -2.35. The zero-order valence-corrected chi connectivity index (χ0v) is 21.0. The predicted molar refractivity (Wildman–Crippen MR) is 133 cm³/mol. The zero-order valence-electron chi connectivity index (χ0n) is 20.2. The fourth-order valence-electron chi connectivity index (χ4n) is 4.42. The first-order valence-corrected chi connectivity index (χ1v) is 12.2. The van der Waals surface area contributed by atoms with E-state index in [4.69, 9.17) is 0 Å². The molecule has 1 aromatic carbocycles. The third-order valence-electron chi connectivity index (χ3n) is 5.96. The number of hydrogen-bond acceptors (Lipinski definition) is 6. The van der Waals surface area contributed by atoms with Crippen LogP contribution in [-0.2, 0) is 18.6 Å². The van der Waals surface area contributed by atoms with Crippen LogP contribution < -0.4 is 5.56 Å². The van der Waals surface area contributed by atoms with Crippen LogP contribution >= 0.6 is 11.3 Å². The summed E-state index contributed by atoms with van der Waals surface area (Å²) in [7, 11) is 0. The maximum Gasteiger partial charge on any atom is 0.252 e. The number of H-pyrrole nitrogens is 1. The van der Waals surface area contributed by atoms with Crippen LogP contribution in [-0.4, -0.2) is 30.1 Å². The molecule has 3 aromatic heterocycles. The highest BCUT2D eigenvalue weighted by Crippen LogP contribution is 2.30. The highest BCUT2D eigenvalue weighted by molar-refractivity contribution is 7.09. The van der Waals surface area contributed by atoms with E-state index in [-0.39, 0.29) is 17.1 Å². The largest absolute Gasteiger partial charge is 0.322 e. The van der Waals surface area contributed by atoms with E-state index in [1.165, 1.54) is 4.88 Å². The van der Waals surface area contributed by atoms with E-state index in [1.807, 2.05) is 23.7 Å². The van der Waals surface area contributed by atoms with Gasteiger partial charge in [0.05, 0.1) is 11.6 Å². The Labute approximate surface area is 198 Å². The average molecular weight is 465 g/mol. The van der Waals surface area contributed by atoms with Crippen molar-refractivity contribution in [3.63, 3.8) is 0 Å². The van der Waals surface area contributed by atoms with E-state index in [1.54, 1.807) is 11.3 Å². The number of thiophene rings is 1. The smallest absolute Gasteiger partial charge is 0.252 e. The van der Waals surface area contributed by atoms with Crippen molar-refractivity contribution >= 4 is 22.2 Å². The van der Waals surface area contributed by atoms with Crippen molar-refractivity contribution in [3.8, 4) is 0 Å². The van der Waals surface area contributed by atoms with Crippen molar-refractivity contribution in [2.24, 2.45) is 0 Å². The standard InChI is InChI=1S/C25H32N6OS/c1-7-22(23-27-28-29-31(23)25(4,5)6)30(15-19-9-8-10-33-19)14-18-13-20-17(3)11-16(2)12-21(20)26-24(18)32/h8-13,22H,7,14-15H2,1-6H3,(H,26,32)/t22-/m1/s1. The number of aryl methyl sites for hydroxylation is 2. The Balaban J connectivity index is 1.78. The van der Waals surface area contributed by atoms with E-state index in [0.717, 1.165) is 46.4 Å². The Morgan fingerprint density at radius 3 is 2.64 bits per heavy atom. The van der Waals surface area contributed by atoms with Crippen LogP contribution in [0.25, 0.3) is 10.9 Å². The molecule has 4 rings (SSSR count). The van der Waals surface area contributed by atoms with Crippen molar-refractivity contribution in [1.82, 2.24) is 30.1 Å². The first-order chi connectivity index (χ1) is 15.7. The Hall–Kier alpha value is -2.84. The molecule has 0 unspecified atom stereocenters. The quantitative estimate of drug-likeness (QED) is 0.411. The summed E-state index contributed by atoms with van der Waals surface area (Å²) in [5.41, 5.74) is 3.65. The summed E-state index contributed by atoms with van der Waals surface area (Å²) >= 11 is 1.72. The second kappa shape index (κ2) is 9.19. The molecule has 0 spiro atoms. The van der Waals surface area contributed by atoms with Crippen LogP contribution in [0, 0.1) is 13.8 Å². The molecule has 0 fully saturated rings. The normalized spacial score (nSPS) is 13.2. The highest BCUT2D eigenvalue weighted by Gasteiger charge is 2.30. The fraction of sp³-hybridized carbons (Fsp3) is 0.440. The number of aromatic nitrogens is 5. The Bertz CT molecular complexity index is 1300. The first-order valence-electron chi connectivity index (χ1n) is 11.4. The lowest BCUT2D eigenvalue weighted by atomic mass is 10.0. The van der Waals surface area contributed by atoms with Gasteiger partial charge in [-0.15, -0.1) is 16.4 Å². The van der Waals surface area contributed by atoms with Gasteiger partial charge in [-0.05, 0) is 86.2 Å². The molecule has 0 aliphatic heterocycles. The van der Waals surface area contributed by atoms with E-state index < -0.39 is 0 Å². The van der Waals surface area contributed by atoms with E-state index in [0.29, 0.717) is 6.54 Å². The van der Waals surface area contributed by atoms with Gasteiger partial charge in [0.1, 0.15) is 0 Å². The molecule has 33 heavy (non-hydrogen) atoms. The van der Waals surface area contributed by atoms with Gasteiger partial charge in [0.15, 0.2) is 5.82 Å². The minimum absolute atomic E-state index is 0.0319. The van der Waals surface area contributed by atoms with Crippen molar-refractivity contribution in [2.45, 2.75) is 72.6 Å². The number of fused-ring (bicyclic) bond motifs is 1. The van der Waals surface area contributed by atoms with Gasteiger partial charge in [-0.1, -0.05) is 19.1 Å². The van der Waals surface area contributed by atoms with Gasteiger partial charge in [-0.3, -0.25) is 9.69 Å². The second-order valence-electron chi connectivity index (χ2n) is 9.69. The summed E-state index contributed by atoms with van der Waals surface area (Å²) in [6.45, 7) is 13.8. The minimum atomic E-state index is -0.240. The summed E-state index contributed by atoms with van der Waals surface area (Å²) in [5, 5.41) is 15.9. The molecule has 0 aliphatic carbocycles. The number of aromatic amines is 1. The molecule has 1 atom stereocenters. The number of rotatable bonds is 7. The molecule has 0 radical (unpaired) electrons. The molecule has 3 heterocycles. The molecule has 174 valence electrons. The summed E-state index contributed by atoms with van der Waals surface area (Å²) in [6, 6.07) is 10.4. The summed E-state index contributed by atoms with van der Waals surface area (Å²) < 4.78 is 1.90. The SMILES string of the molecule is CC[C@H](c1nnnn1C(C)(C)C)N(Cc1cccs1)Cc1cc2c(C)cc(C)cc2[nH]c1=O. The van der Waals surface area contributed by atoms with E-state index >= 15 is 0 Å². The van der Waals surface area contributed by atoms with Crippen LogP contribution in [0.3, 0.4) is 0 Å². The number of pyridine rings is 1. The van der Waals surface area contributed by atoms with Gasteiger partial charge in [-0.25, -0.2) is 4.68 Å². The van der Waals surface area contributed by atoms with Gasteiger partial charge in [0, 0.05) is 34.4 Å². The maximum atomic E-state index is 13.1. The predicted octanol–water partition coefficient (Wildman–Crippen LogP) is 5.10. The number of hydrogen-bond donors (Lipinski definition) is 1. The average Bonchev–Trinajstić information content (AvgIpc) is 3.41. The second-order valence-corrected chi connectivity index (χ2v) is 10.7. The van der Waals surface area contributed by atoms with E-state index in [2.05, 4.69) is 83.6 Å². The molecular formula is C25H32N6OS. The Morgan fingerprint density at radius 1 is 1.18 bits per heavy atom. The zero-order chi connectivity index (χ0) is 23.8. The fourth-order valence-corrected chi connectivity index (χ4v) is 5.14. The van der Waals surface area contributed by atoms with Crippen molar-refractivity contribution in [3.05, 3.63) is 73.5 Å². The molecule has 4 aromatic rings. The monoisotopic (exact) mass is 464 g/mol. The number of benzene rings is 1. The van der Waals surface area contributed by atoms with Crippen molar-refractivity contribution < 1.29 is 0 Å². The molecule has 0 bridgehead atoms. The van der Waals surface area contributed by atoms with Crippen molar-refractivity contribution in [1.29, 1.82) is 0 Å². The van der Waals surface area contributed by atoms with Gasteiger partial charge < -0.3 is 4.98 Å². The van der Waals surface area contributed by atoms with E-state index in [9.17, 15) is 4.79 Å². The molecule has 7 nitrogen and oxygen atoms in total. The van der Waals surface area contributed by atoms with Crippen LogP contribution in [0.2, 0.25) is 0 Å². The van der Waals surface area contributed by atoms with Crippen molar-refractivity contribution in [2.75, 3.05) is 0 Å². The van der Waals surface area contributed by atoms with Gasteiger partial charge in [0.2, 0.25) is 0 Å². The lowest BCUT2D eigenvalue weighted by molar-refractivity contribution is 0.155. The van der Waals surface area contributed by atoms with Gasteiger partial charge in [-0.2, -0.15) is 0 Å². The van der Waals surface area contributed by atoms with Gasteiger partial charge >= 0.3 is 0 Å². The van der Waals surface area contributed by atoms with Crippen LogP contribution in [0.4, 0.5) is 0 Å². The highest BCUT2D eigenvalue weighted by atomic mass is 32.1. The molecule has 0 amide bonds. The van der Waals surface area contributed by atoms with Crippen LogP contribution in [0.1, 0.15) is 67.5 Å². The first kappa shape index (κ1) is 23.3. The summed E-state index contributed by atoms with van der Waals surface area (Å²) in [4.78, 5) is 19.8. The molecule has 0 saturated heterocycles. The third kappa shape index (κ3) is 4.91. The molecule has 1 N–H and O–H groups in total. The number of nitrogens with zero attached hydrogens (tertiary/aromatic N) is 5. The summed E-state index contributed by atoms with van der Waals surface area (Å²) in [5.74, 6) is 0.825. The maximum absolute atomic E-state index is 13.1. The molecule has 0 aliphatic rings.